The molecule has 1 aromatic carbocycles. The molecule has 0 bridgehead atoms. The Morgan fingerprint density at radius 2 is 1.80 bits per heavy atom. The summed E-state index contributed by atoms with van der Waals surface area (Å²) in [4.78, 5) is 2.55. The molecule has 2 heterocycles. The van der Waals surface area contributed by atoms with E-state index in [9.17, 15) is 8.42 Å². The van der Waals surface area contributed by atoms with E-state index in [1.807, 2.05) is 6.07 Å². The van der Waals surface area contributed by atoms with Gasteiger partial charge < -0.3 is 14.4 Å². The van der Waals surface area contributed by atoms with Crippen molar-refractivity contribution in [2.24, 2.45) is 0 Å². The quantitative estimate of drug-likeness (QED) is 0.826. The third-order valence-corrected chi connectivity index (χ3v) is 5.06. The smallest absolute Gasteiger partial charge is 0.175 e. The van der Waals surface area contributed by atoms with Gasteiger partial charge in [0.1, 0.15) is 0 Å². The highest BCUT2D eigenvalue weighted by Gasteiger charge is 2.39. The Hall–Kier alpha value is -1.11. The lowest BCUT2D eigenvalue weighted by atomic mass is 10.0. The molecular weight excluding hydrogens is 278 g/mol. The minimum absolute atomic E-state index is 0.364. The first-order valence-electron chi connectivity index (χ1n) is 6.82. The molecule has 0 atom stereocenters. The van der Waals surface area contributed by atoms with Crippen molar-refractivity contribution in [3.63, 3.8) is 0 Å². The van der Waals surface area contributed by atoms with Crippen LogP contribution in [0.3, 0.4) is 0 Å². The number of hydrogen-bond acceptors (Lipinski definition) is 5. The highest BCUT2D eigenvalue weighted by Crippen LogP contribution is 2.33. The fourth-order valence-corrected chi connectivity index (χ4v) is 3.46. The molecule has 1 aromatic rings. The van der Waals surface area contributed by atoms with Crippen LogP contribution in [-0.2, 0) is 19.3 Å². The van der Waals surface area contributed by atoms with Crippen LogP contribution < -0.4 is 4.90 Å². The molecule has 0 amide bonds. The van der Waals surface area contributed by atoms with E-state index in [1.165, 1.54) is 6.26 Å². The Kier molecular flexibility index (Phi) is 3.48. The first kappa shape index (κ1) is 13.9. The van der Waals surface area contributed by atoms with Crippen LogP contribution >= 0.6 is 0 Å². The van der Waals surface area contributed by atoms with Crippen LogP contribution in [0.4, 0.5) is 5.69 Å². The topological polar surface area (TPSA) is 55.8 Å². The van der Waals surface area contributed by atoms with Crippen molar-refractivity contribution >= 4 is 15.5 Å². The minimum Gasteiger partial charge on any atom is -0.371 e. The fourth-order valence-electron chi connectivity index (χ4n) is 2.80. The molecule has 3 rings (SSSR count). The van der Waals surface area contributed by atoms with Crippen molar-refractivity contribution in [3.05, 3.63) is 24.3 Å². The summed E-state index contributed by atoms with van der Waals surface area (Å²) in [5.41, 5.74) is 0.945. The molecule has 1 spiro atoms. The van der Waals surface area contributed by atoms with Gasteiger partial charge in [0.15, 0.2) is 15.6 Å². The monoisotopic (exact) mass is 297 g/mol. The van der Waals surface area contributed by atoms with E-state index in [2.05, 4.69) is 4.90 Å². The van der Waals surface area contributed by atoms with E-state index in [0.717, 1.165) is 31.6 Å². The van der Waals surface area contributed by atoms with E-state index >= 15 is 0 Å². The van der Waals surface area contributed by atoms with E-state index in [1.54, 1.807) is 18.2 Å². The predicted molar refractivity (Wildman–Crippen MR) is 75.6 cm³/mol. The van der Waals surface area contributed by atoms with Gasteiger partial charge in [-0.25, -0.2) is 8.42 Å². The summed E-state index contributed by atoms with van der Waals surface area (Å²) in [7, 11) is -3.16. The molecule has 0 unspecified atom stereocenters. The zero-order chi connectivity index (χ0) is 14.2. The third-order valence-electron chi connectivity index (χ3n) is 3.95. The number of ether oxygens (including phenoxy) is 2. The second-order valence-electron chi connectivity index (χ2n) is 5.36. The molecule has 0 saturated carbocycles. The largest absolute Gasteiger partial charge is 0.371 e. The molecule has 0 N–H and O–H groups in total. The van der Waals surface area contributed by atoms with Crippen molar-refractivity contribution in [2.45, 2.75) is 23.5 Å². The van der Waals surface area contributed by atoms with Crippen molar-refractivity contribution in [2.75, 3.05) is 37.5 Å². The van der Waals surface area contributed by atoms with Crippen LogP contribution in [0.1, 0.15) is 12.8 Å². The highest BCUT2D eigenvalue weighted by molar-refractivity contribution is 7.90. The predicted octanol–water partition coefficient (Wildman–Crippen LogP) is 1.43. The van der Waals surface area contributed by atoms with Crippen LogP contribution in [-0.4, -0.2) is 46.8 Å². The molecule has 5 nitrogen and oxygen atoms in total. The normalized spacial score (nSPS) is 22.4. The number of sulfone groups is 1. The second kappa shape index (κ2) is 5.02. The SMILES string of the molecule is CS(=O)(=O)c1cccc(N2CCC3(CC2)OCCO3)c1. The zero-order valence-corrected chi connectivity index (χ0v) is 12.4. The number of nitrogens with zero attached hydrogens (tertiary/aromatic N) is 1. The van der Waals surface area contributed by atoms with Gasteiger partial charge in [0.2, 0.25) is 0 Å². The van der Waals surface area contributed by atoms with Crippen LogP contribution in [0, 0.1) is 0 Å². The summed E-state index contributed by atoms with van der Waals surface area (Å²) in [5.74, 6) is -0.398. The standard InChI is InChI=1S/C14H19NO4S/c1-20(16,17)13-4-2-3-12(11-13)15-7-5-14(6-8-15)18-9-10-19-14/h2-4,11H,5-10H2,1H3. The number of benzene rings is 1. The number of hydrogen-bond donors (Lipinski definition) is 0. The summed E-state index contributed by atoms with van der Waals surface area (Å²) in [6, 6.07) is 7.11. The summed E-state index contributed by atoms with van der Waals surface area (Å²) >= 11 is 0. The molecule has 2 aliphatic heterocycles. The van der Waals surface area contributed by atoms with Crippen molar-refractivity contribution < 1.29 is 17.9 Å². The van der Waals surface area contributed by atoms with Gasteiger partial charge in [-0.1, -0.05) is 6.07 Å². The van der Waals surface area contributed by atoms with Crippen LogP contribution in [0.2, 0.25) is 0 Å². The minimum atomic E-state index is -3.16. The highest BCUT2D eigenvalue weighted by atomic mass is 32.2. The summed E-state index contributed by atoms with van der Waals surface area (Å²) in [6.45, 7) is 2.97. The summed E-state index contributed by atoms with van der Waals surface area (Å²) < 4.78 is 34.6. The Morgan fingerprint density at radius 3 is 2.40 bits per heavy atom. The van der Waals surface area contributed by atoms with Crippen molar-refractivity contribution in [1.29, 1.82) is 0 Å². The molecule has 0 aromatic heterocycles. The Balaban J connectivity index is 1.75. The maximum absolute atomic E-state index is 11.6. The Bertz CT molecular complexity index is 583. The molecule has 2 aliphatic rings. The molecule has 0 aliphatic carbocycles. The molecule has 110 valence electrons. The number of rotatable bonds is 2. The van der Waals surface area contributed by atoms with E-state index in [4.69, 9.17) is 9.47 Å². The van der Waals surface area contributed by atoms with E-state index in [0.29, 0.717) is 18.1 Å². The average molecular weight is 297 g/mol. The van der Waals surface area contributed by atoms with Gasteiger partial charge in [0, 0.05) is 37.9 Å². The summed E-state index contributed by atoms with van der Waals surface area (Å²) in [5, 5.41) is 0. The van der Waals surface area contributed by atoms with Gasteiger partial charge in [-0.3, -0.25) is 0 Å². The lowest BCUT2D eigenvalue weighted by molar-refractivity contribution is -0.169. The molecule has 2 saturated heterocycles. The average Bonchev–Trinajstić information content (AvgIpc) is 2.87. The van der Waals surface area contributed by atoms with Gasteiger partial charge in [0.25, 0.3) is 0 Å². The molecule has 0 radical (unpaired) electrons. The van der Waals surface area contributed by atoms with Crippen LogP contribution in [0.5, 0.6) is 0 Å². The first-order chi connectivity index (χ1) is 9.49. The summed E-state index contributed by atoms with van der Waals surface area (Å²) in [6.07, 6.45) is 2.86. The van der Waals surface area contributed by atoms with Crippen molar-refractivity contribution in [1.82, 2.24) is 0 Å². The Labute approximate surface area is 119 Å². The zero-order valence-electron chi connectivity index (χ0n) is 11.5. The maximum Gasteiger partial charge on any atom is 0.175 e. The Morgan fingerprint density at radius 1 is 1.15 bits per heavy atom. The molecule has 2 fully saturated rings. The van der Waals surface area contributed by atoms with Crippen molar-refractivity contribution in [3.8, 4) is 0 Å². The molecular formula is C14H19NO4S. The van der Waals surface area contributed by atoms with Gasteiger partial charge in [0.05, 0.1) is 18.1 Å². The van der Waals surface area contributed by atoms with Gasteiger partial charge in [-0.05, 0) is 18.2 Å². The fraction of sp³-hybridized carbons (Fsp3) is 0.571. The van der Waals surface area contributed by atoms with E-state index < -0.39 is 15.6 Å². The first-order valence-corrected chi connectivity index (χ1v) is 8.71. The van der Waals surface area contributed by atoms with Gasteiger partial charge in [-0.2, -0.15) is 0 Å². The van der Waals surface area contributed by atoms with Crippen LogP contribution in [0.15, 0.2) is 29.2 Å². The molecule has 6 heteroatoms. The van der Waals surface area contributed by atoms with Gasteiger partial charge in [-0.15, -0.1) is 0 Å². The van der Waals surface area contributed by atoms with Gasteiger partial charge >= 0.3 is 0 Å². The number of piperidine rings is 1. The maximum atomic E-state index is 11.6. The lowest BCUT2D eigenvalue weighted by Crippen LogP contribution is -2.45. The molecule has 20 heavy (non-hydrogen) atoms. The number of anilines is 1. The second-order valence-corrected chi connectivity index (χ2v) is 7.38. The van der Waals surface area contributed by atoms with E-state index in [-0.39, 0.29) is 0 Å². The van der Waals surface area contributed by atoms with Crippen LogP contribution in [0.25, 0.3) is 0 Å². The lowest BCUT2D eigenvalue weighted by Gasteiger charge is -2.38. The third kappa shape index (κ3) is 2.68.